The Morgan fingerprint density at radius 3 is 2.73 bits per heavy atom. The zero-order valence-electron chi connectivity index (χ0n) is 25.4. The number of sulfonamides is 1. The van der Waals surface area contributed by atoms with Crippen LogP contribution < -0.4 is 4.74 Å². The highest BCUT2D eigenvalue weighted by Gasteiger charge is 2.41. The SMILES string of the molecule is CCOC(=O)/C=C(/c1cc(OC)c2c(c1)nnn2C)c1ccc(C)c2c1CC[C@H]2N1C[C@@H](C)Cc2ccc(F)cc2S1(=O)=O. The minimum atomic E-state index is -3.99. The highest BCUT2D eigenvalue weighted by atomic mass is 32.2. The first-order valence-corrected chi connectivity index (χ1v) is 16.2. The van der Waals surface area contributed by atoms with Crippen molar-refractivity contribution in [3.8, 4) is 5.75 Å². The van der Waals surface area contributed by atoms with Gasteiger partial charge >= 0.3 is 5.97 Å². The highest BCUT2D eigenvalue weighted by Crippen LogP contribution is 2.46. The molecule has 0 saturated heterocycles. The smallest absolute Gasteiger partial charge is 0.331 e. The standard InChI is InChI=1S/C33H35FN4O5S/c1-6-43-31(39)17-26(22-14-27-33(29(15-22)42-5)37(4)36-35-27)24-10-7-20(3)32-25(24)11-12-28(32)38-18-19(2)13-21-8-9-23(34)16-30(21)44(38,40)41/h7-10,14-17,19,28H,6,11-13,18H2,1-5H3/b26-17-/t19-,28+/m0/s1. The van der Waals surface area contributed by atoms with Gasteiger partial charge in [-0.25, -0.2) is 22.3 Å². The second-order valence-electron chi connectivity index (χ2n) is 11.6. The molecule has 0 radical (unpaired) electrons. The van der Waals surface area contributed by atoms with Crippen LogP contribution in [0.5, 0.6) is 5.75 Å². The Labute approximate surface area is 256 Å². The van der Waals surface area contributed by atoms with Crippen molar-refractivity contribution in [1.82, 2.24) is 19.3 Å². The number of carbonyl (C=O) groups excluding carboxylic acids is 1. The lowest BCUT2D eigenvalue weighted by molar-refractivity contribution is -0.137. The van der Waals surface area contributed by atoms with E-state index < -0.39 is 27.9 Å². The maximum absolute atomic E-state index is 14.3. The summed E-state index contributed by atoms with van der Waals surface area (Å²) in [7, 11) is -0.637. The number of aryl methyl sites for hydroxylation is 2. The maximum Gasteiger partial charge on any atom is 0.331 e. The van der Waals surface area contributed by atoms with Crippen molar-refractivity contribution in [3.05, 3.63) is 87.7 Å². The molecule has 2 aliphatic rings. The molecule has 0 N–H and O–H groups in total. The molecule has 2 atom stereocenters. The molecule has 0 saturated carbocycles. The number of fused-ring (bicyclic) bond motifs is 3. The lowest BCUT2D eigenvalue weighted by Gasteiger charge is -2.30. The van der Waals surface area contributed by atoms with E-state index in [4.69, 9.17) is 9.47 Å². The van der Waals surface area contributed by atoms with Crippen LogP contribution in [-0.4, -0.2) is 53.9 Å². The number of esters is 1. The number of carbonyl (C=O) groups is 1. The molecule has 0 bridgehead atoms. The van der Waals surface area contributed by atoms with E-state index in [2.05, 4.69) is 10.3 Å². The highest BCUT2D eigenvalue weighted by molar-refractivity contribution is 7.89. The zero-order chi connectivity index (χ0) is 31.3. The summed E-state index contributed by atoms with van der Waals surface area (Å²) in [5.41, 5.74) is 6.91. The minimum Gasteiger partial charge on any atom is -0.494 e. The van der Waals surface area contributed by atoms with Crippen molar-refractivity contribution in [1.29, 1.82) is 0 Å². The van der Waals surface area contributed by atoms with Crippen LogP contribution in [0.25, 0.3) is 16.6 Å². The van der Waals surface area contributed by atoms with Gasteiger partial charge in [-0.05, 0) is 102 Å². The van der Waals surface area contributed by atoms with E-state index in [1.165, 1.54) is 12.1 Å². The van der Waals surface area contributed by atoms with Crippen LogP contribution in [0.1, 0.15) is 59.7 Å². The largest absolute Gasteiger partial charge is 0.494 e. The summed E-state index contributed by atoms with van der Waals surface area (Å²) in [5.74, 6) is -0.477. The summed E-state index contributed by atoms with van der Waals surface area (Å²) in [5, 5.41) is 8.42. The number of halogens is 1. The van der Waals surface area contributed by atoms with Gasteiger partial charge in [-0.3, -0.25) is 0 Å². The molecule has 1 aliphatic carbocycles. The van der Waals surface area contributed by atoms with Crippen molar-refractivity contribution in [2.24, 2.45) is 13.0 Å². The molecule has 0 spiro atoms. The first kappa shape index (κ1) is 30.0. The molecule has 0 unspecified atom stereocenters. The van der Waals surface area contributed by atoms with Crippen LogP contribution in [0.4, 0.5) is 4.39 Å². The Morgan fingerprint density at radius 2 is 1.98 bits per heavy atom. The molecule has 0 amide bonds. The molecule has 2 heterocycles. The number of nitrogens with zero attached hydrogens (tertiary/aromatic N) is 4. The topological polar surface area (TPSA) is 104 Å². The van der Waals surface area contributed by atoms with Gasteiger partial charge in [-0.15, -0.1) is 5.10 Å². The molecule has 4 aromatic rings. The van der Waals surface area contributed by atoms with Crippen LogP contribution in [0.15, 0.2) is 53.4 Å². The second kappa shape index (κ2) is 11.4. The van der Waals surface area contributed by atoms with Gasteiger partial charge in [0.25, 0.3) is 0 Å². The first-order chi connectivity index (χ1) is 21.0. The van der Waals surface area contributed by atoms with Crippen molar-refractivity contribution in [3.63, 3.8) is 0 Å². The molecular weight excluding hydrogens is 583 g/mol. The van der Waals surface area contributed by atoms with Crippen LogP contribution in [0.2, 0.25) is 0 Å². The summed E-state index contributed by atoms with van der Waals surface area (Å²) < 4.78 is 56.8. The van der Waals surface area contributed by atoms with Crippen molar-refractivity contribution >= 4 is 32.6 Å². The number of methoxy groups -OCH3 is 1. The van der Waals surface area contributed by atoms with E-state index in [-0.39, 0.29) is 17.4 Å². The lowest BCUT2D eigenvalue weighted by atomic mass is 9.89. The van der Waals surface area contributed by atoms with Crippen LogP contribution in [-0.2, 0) is 39.4 Å². The van der Waals surface area contributed by atoms with Gasteiger partial charge in [0.15, 0.2) is 0 Å². The van der Waals surface area contributed by atoms with Crippen molar-refractivity contribution in [2.45, 2.75) is 51.0 Å². The van der Waals surface area contributed by atoms with E-state index in [9.17, 15) is 17.6 Å². The van der Waals surface area contributed by atoms with Crippen molar-refractivity contribution in [2.75, 3.05) is 20.3 Å². The quantitative estimate of drug-likeness (QED) is 0.214. The molecule has 1 aliphatic heterocycles. The number of rotatable bonds is 6. The number of ether oxygens (including phenoxy) is 2. The summed E-state index contributed by atoms with van der Waals surface area (Å²) >= 11 is 0. The zero-order valence-corrected chi connectivity index (χ0v) is 26.2. The van der Waals surface area contributed by atoms with Gasteiger partial charge in [0.2, 0.25) is 10.0 Å². The normalized spacial score (nSPS) is 19.8. The molecule has 11 heteroatoms. The van der Waals surface area contributed by atoms with E-state index in [0.29, 0.717) is 53.8 Å². The maximum atomic E-state index is 14.3. The first-order valence-electron chi connectivity index (χ1n) is 14.7. The Morgan fingerprint density at radius 1 is 1.18 bits per heavy atom. The average Bonchev–Trinajstić information content (AvgIpc) is 3.58. The van der Waals surface area contributed by atoms with Gasteiger partial charge in [-0.2, -0.15) is 4.31 Å². The second-order valence-corrected chi connectivity index (χ2v) is 13.4. The summed E-state index contributed by atoms with van der Waals surface area (Å²) in [6.45, 7) is 6.29. The number of aromatic nitrogens is 3. The average molecular weight is 619 g/mol. The fourth-order valence-electron chi connectivity index (χ4n) is 6.77. The molecule has 230 valence electrons. The predicted molar refractivity (Wildman–Crippen MR) is 164 cm³/mol. The van der Waals surface area contributed by atoms with Gasteiger partial charge < -0.3 is 9.47 Å². The molecule has 9 nitrogen and oxygen atoms in total. The van der Waals surface area contributed by atoms with Gasteiger partial charge in [0, 0.05) is 19.7 Å². The third-order valence-electron chi connectivity index (χ3n) is 8.63. The molecule has 6 rings (SSSR count). The predicted octanol–water partition coefficient (Wildman–Crippen LogP) is 5.29. The van der Waals surface area contributed by atoms with Crippen molar-refractivity contribution < 1.29 is 27.1 Å². The fraction of sp³-hybridized carbons (Fsp3) is 0.364. The fourth-order valence-corrected chi connectivity index (χ4v) is 8.76. The van der Waals surface area contributed by atoms with E-state index in [1.54, 1.807) is 36.1 Å². The molecular formula is C33H35FN4O5S. The van der Waals surface area contributed by atoms with E-state index in [1.807, 2.05) is 38.1 Å². The van der Waals surface area contributed by atoms with Crippen LogP contribution in [0, 0.1) is 18.7 Å². The molecule has 1 aromatic heterocycles. The van der Waals surface area contributed by atoms with Crippen LogP contribution in [0.3, 0.4) is 0 Å². The minimum absolute atomic E-state index is 0.0365. The Bertz CT molecular complexity index is 1930. The molecule has 44 heavy (non-hydrogen) atoms. The third kappa shape index (κ3) is 5.07. The lowest BCUT2D eigenvalue weighted by Crippen LogP contribution is -2.36. The monoisotopic (exact) mass is 618 g/mol. The van der Waals surface area contributed by atoms with E-state index >= 15 is 0 Å². The summed E-state index contributed by atoms with van der Waals surface area (Å²) in [4.78, 5) is 13.0. The Hall–Kier alpha value is -4.09. The van der Waals surface area contributed by atoms with Gasteiger partial charge in [-0.1, -0.05) is 30.3 Å². The number of hydrogen-bond acceptors (Lipinski definition) is 7. The van der Waals surface area contributed by atoms with Gasteiger partial charge in [0.1, 0.15) is 22.6 Å². The third-order valence-corrected chi connectivity index (χ3v) is 10.6. The number of hydrogen-bond donors (Lipinski definition) is 0. The number of benzene rings is 3. The summed E-state index contributed by atoms with van der Waals surface area (Å²) in [6.07, 6.45) is 3.17. The molecule has 0 fully saturated rings. The van der Waals surface area contributed by atoms with Gasteiger partial charge in [0.05, 0.1) is 24.7 Å². The summed E-state index contributed by atoms with van der Waals surface area (Å²) in [6, 6.07) is 11.3. The van der Waals surface area contributed by atoms with Crippen LogP contribution >= 0.6 is 0 Å². The molecule has 3 aromatic carbocycles. The van der Waals surface area contributed by atoms with E-state index in [0.717, 1.165) is 33.8 Å². The Kier molecular flexibility index (Phi) is 7.79. The Balaban J connectivity index is 1.52.